The molecule has 0 fully saturated rings. The zero-order valence-corrected chi connectivity index (χ0v) is 10.5. The van der Waals surface area contributed by atoms with Crippen LogP contribution in [-0.2, 0) is 13.2 Å². The predicted molar refractivity (Wildman–Crippen MR) is 68.2 cm³/mol. The maximum absolute atomic E-state index is 9.23. The summed E-state index contributed by atoms with van der Waals surface area (Å²) in [5, 5.41) is 18.2. The highest BCUT2D eigenvalue weighted by atomic mass is 16.5. The van der Waals surface area contributed by atoms with Crippen molar-refractivity contribution in [3.05, 3.63) is 53.1 Å². The Hall–Kier alpha value is -2.45. The minimum atomic E-state index is -0.185. The number of nitriles is 1. The van der Waals surface area contributed by atoms with Crippen LogP contribution >= 0.6 is 0 Å². The van der Waals surface area contributed by atoms with Crippen LogP contribution in [0.15, 0.2) is 30.5 Å². The van der Waals surface area contributed by atoms with Gasteiger partial charge in [-0.2, -0.15) is 5.26 Å². The van der Waals surface area contributed by atoms with Gasteiger partial charge in [0.05, 0.1) is 6.61 Å². The van der Waals surface area contributed by atoms with Crippen molar-refractivity contribution in [2.24, 2.45) is 0 Å². The normalized spacial score (nSPS) is 9.95. The van der Waals surface area contributed by atoms with E-state index in [0.717, 1.165) is 5.69 Å². The molecule has 0 saturated carbocycles. The monoisotopic (exact) mass is 255 g/mol. The van der Waals surface area contributed by atoms with Crippen LogP contribution in [0.4, 0.5) is 0 Å². The zero-order valence-electron chi connectivity index (χ0n) is 10.5. The third kappa shape index (κ3) is 3.06. The van der Waals surface area contributed by atoms with E-state index in [1.165, 1.54) is 0 Å². The lowest BCUT2D eigenvalue weighted by molar-refractivity contribution is 0.253. The van der Waals surface area contributed by atoms with Crippen molar-refractivity contribution >= 4 is 0 Å². The smallest absolute Gasteiger partial charge is 0.147 e. The molecular formula is C14H13N3O2. The van der Waals surface area contributed by atoms with E-state index < -0.39 is 0 Å². The summed E-state index contributed by atoms with van der Waals surface area (Å²) in [4.78, 5) is 8.15. The van der Waals surface area contributed by atoms with Gasteiger partial charge in [-0.3, -0.25) is 4.98 Å². The largest absolute Gasteiger partial charge is 0.487 e. The summed E-state index contributed by atoms with van der Waals surface area (Å²) in [5.74, 6) is 0.515. The van der Waals surface area contributed by atoms with Crippen LogP contribution in [-0.4, -0.2) is 15.1 Å². The van der Waals surface area contributed by atoms with Gasteiger partial charge in [0.25, 0.3) is 0 Å². The number of hydrogen-bond acceptors (Lipinski definition) is 5. The summed E-state index contributed by atoms with van der Waals surface area (Å²) in [6.07, 6.45) is 1.56. The quantitative estimate of drug-likeness (QED) is 0.900. The molecular weight excluding hydrogens is 242 g/mol. The Kier molecular flexibility index (Phi) is 4.06. The fraction of sp³-hybridized carbons (Fsp3) is 0.214. The van der Waals surface area contributed by atoms with Gasteiger partial charge in [0, 0.05) is 17.5 Å². The van der Waals surface area contributed by atoms with Crippen LogP contribution in [0.5, 0.6) is 5.75 Å². The molecule has 0 saturated heterocycles. The maximum atomic E-state index is 9.23. The van der Waals surface area contributed by atoms with Gasteiger partial charge >= 0.3 is 0 Å². The van der Waals surface area contributed by atoms with Crippen molar-refractivity contribution in [1.29, 1.82) is 5.26 Å². The SMILES string of the molecule is Cc1ccc(OCc2cccnc2C#N)c(CO)n1. The minimum absolute atomic E-state index is 0.185. The number of hydrogen-bond donors (Lipinski definition) is 1. The molecule has 0 unspecified atom stereocenters. The molecule has 2 rings (SSSR count). The summed E-state index contributed by atoms with van der Waals surface area (Å²) in [6, 6.07) is 9.12. The number of aromatic nitrogens is 2. The topological polar surface area (TPSA) is 79.0 Å². The lowest BCUT2D eigenvalue weighted by Crippen LogP contribution is -2.03. The van der Waals surface area contributed by atoms with Crippen molar-refractivity contribution in [1.82, 2.24) is 9.97 Å². The van der Waals surface area contributed by atoms with E-state index in [-0.39, 0.29) is 13.2 Å². The van der Waals surface area contributed by atoms with Gasteiger partial charge in [-0.1, -0.05) is 6.07 Å². The van der Waals surface area contributed by atoms with Gasteiger partial charge in [-0.05, 0) is 25.1 Å². The first-order valence-corrected chi connectivity index (χ1v) is 5.78. The molecule has 2 heterocycles. The minimum Gasteiger partial charge on any atom is -0.487 e. The van der Waals surface area contributed by atoms with Crippen LogP contribution in [0, 0.1) is 18.3 Å². The number of aliphatic hydroxyl groups excluding tert-OH is 1. The molecule has 0 amide bonds. The zero-order chi connectivity index (χ0) is 13.7. The first-order valence-electron chi connectivity index (χ1n) is 5.78. The van der Waals surface area contributed by atoms with E-state index in [2.05, 4.69) is 9.97 Å². The molecule has 2 aromatic heterocycles. The molecule has 5 heteroatoms. The van der Waals surface area contributed by atoms with Crippen molar-refractivity contribution in [3.8, 4) is 11.8 Å². The number of pyridine rings is 2. The average molecular weight is 255 g/mol. The van der Waals surface area contributed by atoms with Crippen LogP contribution < -0.4 is 4.74 Å². The molecule has 0 aliphatic carbocycles. The van der Waals surface area contributed by atoms with Crippen molar-refractivity contribution < 1.29 is 9.84 Å². The van der Waals surface area contributed by atoms with Gasteiger partial charge in [0.15, 0.2) is 0 Å². The first kappa shape index (κ1) is 13.0. The Morgan fingerprint density at radius 3 is 2.95 bits per heavy atom. The summed E-state index contributed by atoms with van der Waals surface area (Å²) < 4.78 is 5.60. The molecule has 0 aromatic carbocycles. The molecule has 0 radical (unpaired) electrons. The molecule has 19 heavy (non-hydrogen) atoms. The number of aliphatic hydroxyl groups is 1. The summed E-state index contributed by atoms with van der Waals surface area (Å²) in [6.45, 7) is 1.88. The molecule has 0 bridgehead atoms. The first-order chi connectivity index (χ1) is 9.24. The lowest BCUT2D eigenvalue weighted by Gasteiger charge is -2.10. The van der Waals surface area contributed by atoms with Gasteiger partial charge in [0.1, 0.15) is 29.8 Å². The molecule has 0 spiro atoms. The van der Waals surface area contributed by atoms with Crippen LogP contribution in [0.1, 0.15) is 22.6 Å². The number of aryl methyl sites for hydroxylation is 1. The molecule has 0 aliphatic rings. The van der Waals surface area contributed by atoms with Crippen LogP contribution in [0.2, 0.25) is 0 Å². The second-order valence-electron chi connectivity index (χ2n) is 3.97. The molecule has 2 aromatic rings. The van der Waals surface area contributed by atoms with E-state index in [4.69, 9.17) is 10.00 Å². The summed E-state index contributed by atoms with van der Waals surface area (Å²) in [5.41, 5.74) is 2.35. The van der Waals surface area contributed by atoms with E-state index in [1.54, 1.807) is 24.4 Å². The third-order valence-corrected chi connectivity index (χ3v) is 2.60. The lowest BCUT2D eigenvalue weighted by atomic mass is 10.2. The number of nitrogens with zero attached hydrogens (tertiary/aromatic N) is 3. The van der Waals surface area contributed by atoms with Crippen molar-refractivity contribution in [2.75, 3.05) is 0 Å². The predicted octanol–water partition coefficient (Wildman–Crippen LogP) is 1.73. The van der Waals surface area contributed by atoms with Gasteiger partial charge in [-0.25, -0.2) is 4.98 Å². The standard InChI is InChI=1S/C14H13N3O2/c1-10-4-5-14(13(8-18)17-10)19-9-11-3-2-6-16-12(11)7-15/h2-6,18H,8-9H2,1H3. The van der Waals surface area contributed by atoms with Crippen molar-refractivity contribution in [2.45, 2.75) is 20.1 Å². The molecule has 0 atom stereocenters. The van der Waals surface area contributed by atoms with E-state index in [1.807, 2.05) is 19.1 Å². The Balaban J connectivity index is 2.17. The fourth-order valence-corrected chi connectivity index (χ4v) is 1.65. The summed E-state index contributed by atoms with van der Waals surface area (Å²) >= 11 is 0. The highest BCUT2D eigenvalue weighted by molar-refractivity contribution is 5.32. The molecule has 5 nitrogen and oxygen atoms in total. The Bertz CT molecular complexity index is 620. The van der Waals surface area contributed by atoms with E-state index in [9.17, 15) is 5.11 Å². The second-order valence-corrected chi connectivity index (χ2v) is 3.97. The van der Waals surface area contributed by atoms with Crippen LogP contribution in [0.25, 0.3) is 0 Å². The van der Waals surface area contributed by atoms with Gasteiger partial charge in [0.2, 0.25) is 0 Å². The second kappa shape index (κ2) is 5.94. The number of rotatable bonds is 4. The highest BCUT2D eigenvalue weighted by Crippen LogP contribution is 2.19. The fourth-order valence-electron chi connectivity index (χ4n) is 1.65. The Labute approximate surface area is 111 Å². The molecule has 1 N–H and O–H groups in total. The Morgan fingerprint density at radius 2 is 2.21 bits per heavy atom. The van der Waals surface area contributed by atoms with Crippen LogP contribution in [0.3, 0.4) is 0 Å². The van der Waals surface area contributed by atoms with E-state index in [0.29, 0.717) is 22.7 Å². The number of ether oxygens (including phenoxy) is 1. The molecule has 96 valence electrons. The van der Waals surface area contributed by atoms with Crippen molar-refractivity contribution in [3.63, 3.8) is 0 Å². The van der Waals surface area contributed by atoms with Gasteiger partial charge in [-0.15, -0.1) is 0 Å². The van der Waals surface area contributed by atoms with E-state index >= 15 is 0 Å². The molecule has 0 aliphatic heterocycles. The third-order valence-electron chi connectivity index (χ3n) is 2.60. The Morgan fingerprint density at radius 1 is 1.37 bits per heavy atom. The van der Waals surface area contributed by atoms with Gasteiger partial charge < -0.3 is 9.84 Å². The average Bonchev–Trinajstić information content (AvgIpc) is 2.46. The maximum Gasteiger partial charge on any atom is 0.147 e. The summed E-state index contributed by atoms with van der Waals surface area (Å²) in [7, 11) is 0. The highest BCUT2D eigenvalue weighted by Gasteiger charge is 2.07.